The van der Waals surface area contributed by atoms with Crippen molar-refractivity contribution in [2.24, 2.45) is 0 Å². The first kappa shape index (κ1) is 12.6. The Bertz CT molecular complexity index is 506. The highest BCUT2D eigenvalue weighted by molar-refractivity contribution is 5.35. The lowest BCUT2D eigenvalue weighted by molar-refractivity contribution is 0.190. The number of halogens is 1. The highest BCUT2D eigenvalue weighted by Gasteiger charge is 2.08. The van der Waals surface area contributed by atoms with Gasteiger partial charge in [0, 0.05) is 5.56 Å². The largest absolute Gasteiger partial charge is 0.489 e. The minimum Gasteiger partial charge on any atom is -0.489 e. The van der Waals surface area contributed by atoms with Crippen molar-refractivity contribution in [3.8, 4) is 5.75 Å². The third-order valence-corrected chi connectivity index (χ3v) is 2.68. The van der Waals surface area contributed by atoms with Crippen LogP contribution in [0.3, 0.4) is 0 Å². The monoisotopic (exact) mass is 246 g/mol. The molecule has 0 amide bonds. The maximum atomic E-state index is 12.7. The Balaban J connectivity index is 2.08. The van der Waals surface area contributed by atoms with E-state index in [0.717, 1.165) is 11.1 Å². The Labute approximate surface area is 106 Å². The molecule has 2 aromatic rings. The average Bonchev–Trinajstić information content (AvgIpc) is 2.38. The second-order valence-corrected chi connectivity index (χ2v) is 4.13. The van der Waals surface area contributed by atoms with E-state index in [4.69, 9.17) is 4.74 Å². The Hall–Kier alpha value is -1.87. The minimum absolute atomic E-state index is 0.261. The standard InChI is InChI=1S/C15H15FO2/c1-11(17)14-4-2-3-5-15(14)18-10-12-6-8-13(16)9-7-12/h2-9,11,17H,10H2,1H3. The summed E-state index contributed by atoms with van der Waals surface area (Å²) in [4.78, 5) is 0. The maximum absolute atomic E-state index is 12.7. The Morgan fingerprint density at radius 2 is 1.78 bits per heavy atom. The van der Waals surface area contributed by atoms with Gasteiger partial charge in [-0.05, 0) is 30.7 Å². The first-order chi connectivity index (χ1) is 8.66. The van der Waals surface area contributed by atoms with Crippen LogP contribution in [0.25, 0.3) is 0 Å². The van der Waals surface area contributed by atoms with Gasteiger partial charge >= 0.3 is 0 Å². The summed E-state index contributed by atoms with van der Waals surface area (Å²) in [6, 6.07) is 13.5. The van der Waals surface area contributed by atoms with Crippen LogP contribution in [0.15, 0.2) is 48.5 Å². The first-order valence-corrected chi connectivity index (χ1v) is 5.81. The summed E-state index contributed by atoms with van der Waals surface area (Å²) in [6.45, 7) is 2.05. The van der Waals surface area contributed by atoms with Crippen LogP contribution in [0, 0.1) is 5.82 Å². The molecule has 0 radical (unpaired) electrons. The van der Waals surface area contributed by atoms with E-state index in [2.05, 4.69) is 0 Å². The van der Waals surface area contributed by atoms with E-state index in [1.165, 1.54) is 12.1 Å². The average molecular weight is 246 g/mol. The highest BCUT2D eigenvalue weighted by Crippen LogP contribution is 2.25. The summed E-state index contributed by atoms with van der Waals surface area (Å²) < 4.78 is 18.4. The molecule has 18 heavy (non-hydrogen) atoms. The number of rotatable bonds is 4. The van der Waals surface area contributed by atoms with Crippen LogP contribution in [-0.4, -0.2) is 5.11 Å². The summed E-state index contributed by atoms with van der Waals surface area (Å²) in [6.07, 6.45) is -0.575. The summed E-state index contributed by atoms with van der Waals surface area (Å²) >= 11 is 0. The van der Waals surface area contributed by atoms with Gasteiger partial charge in [-0.1, -0.05) is 30.3 Å². The van der Waals surface area contributed by atoms with Crippen LogP contribution < -0.4 is 4.74 Å². The molecule has 0 aliphatic heterocycles. The van der Waals surface area contributed by atoms with Crippen molar-refractivity contribution < 1.29 is 14.2 Å². The van der Waals surface area contributed by atoms with Crippen molar-refractivity contribution >= 4 is 0 Å². The van der Waals surface area contributed by atoms with E-state index < -0.39 is 6.10 Å². The van der Waals surface area contributed by atoms with Crippen LogP contribution in [0.1, 0.15) is 24.2 Å². The number of para-hydroxylation sites is 1. The molecule has 0 saturated heterocycles. The summed E-state index contributed by atoms with van der Waals surface area (Å²) in [5.74, 6) is 0.389. The smallest absolute Gasteiger partial charge is 0.125 e. The molecule has 0 aromatic heterocycles. The van der Waals surface area contributed by atoms with E-state index in [-0.39, 0.29) is 5.82 Å². The van der Waals surface area contributed by atoms with Gasteiger partial charge in [-0.3, -0.25) is 0 Å². The lowest BCUT2D eigenvalue weighted by Crippen LogP contribution is -2.00. The van der Waals surface area contributed by atoms with Crippen molar-refractivity contribution in [3.63, 3.8) is 0 Å². The molecule has 0 bridgehead atoms. The predicted molar refractivity (Wildman–Crippen MR) is 67.8 cm³/mol. The third kappa shape index (κ3) is 3.08. The molecule has 0 heterocycles. The maximum Gasteiger partial charge on any atom is 0.125 e. The van der Waals surface area contributed by atoms with Gasteiger partial charge in [-0.15, -0.1) is 0 Å². The number of ether oxygens (including phenoxy) is 1. The zero-order valence-corrected chi connectivity index (χ0v) is 10.1. The normalized spacial score (nSPS) is 12.2. The molecule has 0 fully saturated rings. The molecule has 0 aliphatic carbocycles. The van der Waals surface area contributed by atoms with E-state index in [0.29, 0.717) is 12.4 Å². The highest BCUT2D eigenvalue weighted by atomic mass is 19.1. The van der Waals surface area contributed by atoms with E-state index in [1.54, 1.807) is 19.1 Å². The fraction of sp³-hybridized carbons (Fsp3) is 0.200. The van der Waals surface area contributed by atoms with Crippen LogP contribution in [0.2, 0.25) is 0 Å². The summed E-state index contributed by atoms with van der Waals surface area (Å²) in [7, 11) is 0. The van der Waals surface area contributed by atoms with Crippen molar-refractivity contribution in [2.45, 2.75) is 19.6 Å². The Kier molecular flexibility index (Phi) is 3.95. The molecule has 2 aromatic carbocycles. The van der Waals surface area contributed by atoms with Crippen LogP contribution in [0.5, 0.6) is 5.75 Å². The van der Waals surface area contributed by atoms with Gasteiger partial charge < -0.3 is 9.84 Å². The lowest BCUT2D eigenvalue weighted by atomic mass is 10.1. The Morgan fingerprint density at radius 1 is 1.11 bits per heavy atom. The van der Waals surface area contributed by atoms with Crippen molar-refractivity contribution in [1.29, 1.82) is 0 Å². The van der Waals surface area contributed by atoms with Gasteiger partial charge in [-0.25, -0.2) is 4.39 Å². The quantitative estimate of drug-likeness (QED) is 0.895. The molecule has 3 heteroatoms. The molecule has 0 aliphatic rings. The molecule has 94 valence electrons. The van der Waals surface area contributed by atoms with Gasteiger partial charge in [0.25, 0.3) is 0 Å². The van der Waals surface area contributed by atoms with Gasteiger partial charge in [0.1, 0.15) is 18.2 Å². The number of hydrogen-bond acceptors (Lipinski definition) is 2. The Morgan fingerprint density at radius 3 is 2.44 bits per heavy atom. The van der Waals surface area contributed by atoms with Crippen LogP contribution in [-0.2, 0) is 6.61 Å². The van der Waals surface area contributed by atoms with Gasteiger partial charge in [0.2, 0.25) is 0 Å². The zero-order chi connectivity index (χ0) is 13.0. The van der Waals surface area contributed by atoms with Crippen molar-refractivity contribution in [3.05, 3.63) is 65.5 Å². The van der Waals surface area contributed by atoms with E-state index in [1.807, 2.05) is 24.3 Å². The number of aliphatic hydroxyl groups is 1. The minimum atomic E-state index is -0.575. The number of aliphatic hydroxyl groups excluding tert-OH is 1. The molecule has 1 unspecified atom stereocenters. The van der Waals surface area contributed by atoms with Gasteiger partial charge in [0.05, 0.1) is 6.10 Å². The topological polar surface area (TPSA) is 29.5 Å². The first-order valence-electron chi connectivity index (χ1n) is 5.81. The predicted octanol–water partition coefficient (Wildman–Crippen LogP) is 3.46. The van der Waals surface area contributed by atoms with E-state index in [9.17, 15) is 9.50 Å². The van der Waals surface area contributed by atoms with Gasteiger partial charge in [0.15, 0.2) is 0 Å². The van der Waals surface area contributed by atoms with E-state index >= 15 is 0 Å². The summed E-state index contributed by atoms with van der Waals surface area (Å²) in [5, 5.41) is 9.61. The lowest BCUT2D eigenvalue weighted by Gasteiger charge is -2.13. The zero-order valence-electron chi connectivity index (χ0n) is 10.1. The SMILES string of the molecule is CC(O)c1ccccc1OCc1ccc(F)cc1. The molecule has 1 N–H and O–H groups in total. The summed E-state index contributed by atoms with van der Waals surface area (Å²) in [5.41, 5.74) is 1.64. The number of benzene rings is 2. The third-order valence-electron chi connectivity index (χ3n) is 2.68. The van der Waals surface area contributed by atoms with Crippen molar-refractivity contribution in [2.75, 3.05) is 0 Å². The van der Waals surface area contributed by atoms with Crippen molar-refractivity contribution in [1.82, 2.24) is 0 Å². The molecule has 2 rings (SSSR count). The van der Waals surface area contributed by atoms with Crippen LogP contribution in [0.4, 0.5) is 4.39 Å². The molecule has 0 saturated carbocycles. The second-order valence-electron chi connectivity index (χ2n) is 4.13. The molecular weight excluding hydrogens is 231 g/mol. The molecule has 1 atom stereocenters. The molecule has 2 nitrogen and oxygen atoms in total. The second kappa shape index (κ2) is 5.65. The molecular formula is C15H15FO2. The fourth-order valence-electron chi connectivity index (χ4n) is 1.70. The van der Waals surface area contributed by atoms with Gasteiger partial charge in [-0.2, -0.15) is 0 Å². The molecule has 0 spiro atoms. The number of hydrogen-bond donors (Lipinski definition) is 1. The van der Waals surface area contributed by atoms with Crippen LogP contribution >= 0.6 is 0 Å². The fourth-order valence-corrected chi connectivity index (χ4v) is 1.70.